The van der Waals surface area contributed by atoms with Crippen LogP contribution in [0.5, 0.6) is 5.75 Å². The first-order chi connectivity index (χ1) is 17.7. The molecule has 4 rings (SSSR count). The largest absolute Gasteiger partial charge is 0.508 e. The lowest BCUT2D eigenvalue weighted by Gasteiger charge is -2.54. The smallest absolute Gasteiger partial charge is 0.302 e. The molecule has 0 unspecified atom stereocenters. The third-order valence-electron chi connectivity index (χ3n) is 7.54. The number of esters is 1. The van der Waals surface area contributed by atoms with Gasteiger partial charge < -0.3 is 30.9 Å². The van der Waals surface area contributed by atoms with Crippen LogP contribution in [-0.4, -0.2) is 80.6 Å². The number of nitrogens with two attached hydrogens (primary N) is 1. The van der Waals surface area contributed by atoms with Crippen LogP contribution in [0.3, 0.4) is 0 Å². The van der Waals surface area contributed by atoms with Gasteiger partial charge in [-0.2, -0.15) is 0 Å². The van der Waals surface area contributed by atoms with E-state index in [1.54, 1.807) is 6.92 Å². The van der Waals surface area contributed by atoms with E-state index in [2.05, 4.69) is 10.0 Å². The summed E-state index contributed by atoms with van der Waals surface area (Å²) in [6.07, 6.45) is -1.47. The molecule has 1 aromatic rings. The number of aliphatic hydroxyl groups is 3. The van der Waals surface area contributed by atoms with Crippen LogP contribution in [0.15, 0.2) is 34.2 Å². The van der Waals surface area contributed by atoms with Crippen LogP contribution >= 0.6 is 0 Å². The molecule has 6 atom stereocenters. The number of phenols is 1. The Balaban J connectivity index is 2.13. The Bertz CT molecular complexity index is 1420. The average Bonchev–Trinajstić information content (AvgIpc) is 2.81. The van der Waals surface area contributed by atoms with Gasteiger partial charge in [0.25, 0.3) is 5.91 Å². The number of amides is 1. The average molecular weight is 528 g/mol. The maximum absolute atomic E-state index is 14.1. The Labute approximate surface area is 215 Å². The fourth-order valence-electron chi connectivity index (χ4n) is 6.04. The molecule has 3 aliphatic carbocycles. The normalized spacial score (nSPS) is 30.3. The Morgan fingerprint density at radius 1 is 1.21 bits per heavy atom. The van der Waals surface area contributed by atoms with Gasteiger partial charge in [-0.1, -0.05) is 13.0 Å². The van der Waals surface area contributed by atoms with Crippen LogP contribution in [0.2, 0.25) is 0 Å². The summed E-state index contributed by atoms with van der Waals surface area (Å²) in [7, 11) is 2.87. The summed E-state index contributed by atoms with van der Waals surface area (Å²) in [5, 5.41) is 48.5. The van der Waals surface area contributed by atoms with Crippen molar-refractivity contribution in [1.29, 1.82) is 5.53 Å². The number of benzene rings is 1. The van der Waals surface area contributed by atoms with Crippen molar-refractivity contribution >= 4 is 34.9 Å². The number of ether oxygens (including phenoxy) is 1. The number of carbonyl (C=O) groups excluding carboxylic acids is 4. The minimum atomic E-state index is -3.02. The van der Waals surface area contributed by atoms with Gasteiger partial charge in [-0.25, -0.2) is 0 Å². The number of rotatable bonds is 4. The molecule has 7 N–H and O–H groups in total. The van der Waals surface area contributed by atoms with E-state index in [1.807, 2.05) is 0 Å². The lowest BCUT2D eigenvalue weighted by molar-refractivity contribution is -0.184. The van der Waals surface area contributed by atoms with Crippen LogP contribution in [0.25, 0.3) is 5.76 Å². The summed E-state index contributed by atoms with van der Waals surface area (Å²) >= 11 is 0. The molecule has 200 valence electrons. The summed E-state index contributed by atoms with van der Waals surface area (Å²) in [6.45, 7) is 2.69. The standard InChI is InChI=1S/C24H25N5O9/c1-7-9-5-6-10(27-28-26)17(31)12(9)18(32)13-11(7)20(38-8(2)30)15-16(29(3)4)19(33)14(23(25)36)22(35)24(15,37)21(13)34/h5-7,11,15-16,20,26,37H,1-4H3,(H4,25,32,33,34,35,36)/p+1/t7-,11+,15-,16+,20-,24-/m0/s1. The second-order valence-electron chi connectivity index (χ2n) is 9.73. The van der Waals surface area contributed by atoms with Crippen LogP contribution in [-0.2, 0) is 23.9 Å². The fourth-order valence-corrected chi connectivity index (χ4v) is 6.04. The Morgan fingerprint density at radius 3 is 2.37 bits per heavy atom. The first kappa shape index (κ1) is 26.7. The summed E-state index contributed by atoms with van der Waals surface area (Å²) in [4.78, 5) is 56.0. The highest BCUT2D eigenvalue weighted by Gasteiger charge is 2.69. The highest BCUT2D eigenvalue weighted by atomic mass is 16.5. The molecule has 0 aliphatic heterocycles. The molecule has 0 aromatic heterocycles. The molecule has 0 spiro atoms. The molecule has 1 amide bonds. The van der Waals surface area contributed by atoms with E-state index in [-0.39, 0.29) is 11.3 Å². The second kappa shape index (κ2) is 8.87. The predicted octanol–water partition coefficient (Wildman–Crippen LogP) is 0.248. The second-order valence-corrected chi connectivity index (χ2v) is 9.73. The number of aliphatic hydroxyl groups excluding tert-OH is 2. The van der Waals surface area contributed by atoms with Crippen molar-refractivity contribution in [3.05, 3.63) is 40.2 Å². The number of carbonyl (C=O) groups is 4. The number of likely N-dealkylation sites (N-methyl/N-ethyl adjacent to an activating group) is 1. The van der Waals surface area contributed by atoms with Crippen molar-refractivity contribution < 1.29 is 44.3 Å². The van der Waals surface area contributed by atoms with Crippen LogP contribution in [0.4, 0.5) is 5.69 Å². The number of nitrogens with one attached hydrogen (secondary N) is 1. The van der Waals surface area contributed by atoms with Gasteiger partial charge in [0.15, 0.2) is 27.9 Å². The lowest BCUT2D eigenvalue weighted by Crippen LogP contribution is -2.71. The molecule has 3 aliphatic rings. The summed E-state index contributed by atoms with van der Waals surface area (Å²) < 4.78 is 5.60. The van der Waals surface area contributed by atoms with Crippen molar-refractivity contribution in [1.82, 2.24) is 9.81 Å². The van der Waals surface area contributed by atoms with E-state index in [9.17, 15) is 39.6 Å². The highest BCUT2D eigenvalue weighted by Crippen LogP contribution is 2.57. The molecule has 38 heavy (non-hydrogen) atoms. The molecular formula is C24H26N5O9+. The summed E-state index contributed by atoms with van der Waals surface area (Å²) in [5.74, 6) is -10.7. The number of ketones is 2. The van der Waals surface area contributed by atoms with Crippen molar-refractivity contribution in [3.8, 4) is 5.75 Å². The maximum atomic E-state index is 14.1. The number of aromatic hydroxyl groups is 1. The van der Waals surface area contributed by atoms with Crippen LogP contribution in [0.1, 0.15) is 30.9 Å². The maximum Gasteiger partial charge on any atom is 0.302 e. The van der Waals surface area contributed by atoms with Crippen molar-refractivity contribution in [3.63, 3.8) is 0 Å². The molecule has 1 aromatic carbocycles. The number of nitrogens with zero attached hydrogens (tertiary/aromatic N) is 3. The number of fused-ring (bicyclic) bond motifs is 3. The quantitative estimate of drug-likeness (QED) is 0.135. The van der Waals surface area contributed by atoms with E-state index in [0.29, 0.717) is 5.56 Å². The van der Waals surface area contributed by atoms with Crippen molar-refractivity contribution in [2.75, 3.05) is 14.1 Å². The van der Waals surface area contributed by atoms with E-state index in [0.717, 1.165) is 6.92 Å². The molecular weight excluding hydrogens is 502 g/mol. The molecule has 1 fully saturated rings. The summed E-state index contributed by atoms with van der Waals surface area (Å²) in [5.41, 5.74) is 7.64. The molecule has 0 saturated heterocycles. The van der Waals surface area contributed by atoms with Gasteiger partial charge in [-0.05, 0) is 31.6 Å². The molecule has 0 bridgehead atoms. The van der Waals surface area contributed by atoms with Gasteiger partial charge in [-0.15, -0.1) is 0 Å². The highest BCUT2D eigenvalue weighted by molar-refractivity contribution is 6.24. The number of hydrogen-bond donors (Lipinski definition) is 6. The summed E-state index contributed by atoms with van der Waals surface area (Å²) in [6, 6.07) is 1.37. The third kappa shape index (κ3) is 3.38. The van der Waals surface area contributed by atoms with Gasteiger partial charge in [-0.3, -0.25) is 24.1 Å². The molecule has 0 radical (unpaired) electrons. The molecule has 14 heteroatoms. The van der Waals surface area contributed by atoms with Crippen molar-refractivity contribution in [2.45, 2.75) is 37.5 Å². The third-order valence-corrected chi connectivity index (χ3v) is 7.54. The Kier molecular flexibility index (Phi) is 6.22. The molecule has 1 saturated carbocycles. The van der Waals surface area contributed by atoms with E-state index in [1.165, 1.54) is 31.1 Å². The monoisotopic (exact) mass is 528 g/mol. The lowest BCUT2D eigenvalue weighted by atomic mass is 9.54. The Morgan fingerprint density at radius 2 is 1.84 bits per heavy atom. The fraction of sp³-hybridized carbons (Fsp3) is 0.417. The zero-order chi connectivity index (χ0) is 28.4. The first-order valence-corrected chi connectivity index (χ1v) is 11.5. The van der Waals surface area contributed by atoms with Crippen LogP contribution in [0, 0.1) is 17.4 Å². The van der Waals surface area contributed by atoms with E-state index < -0.39 is 87.4 Å². The minimum Gasteiger partial charge on any atom is -0.508 e. The van der Waals surface area contributed by atoms with E-state index in [4.69, 9.17) is 16.0 Å². The zero-order valence-corrected chi connectivity index (χ0v) is 20.8. The molecule has 14 nitrogen and oxygen atoms in total. The van der Waals surface area contributed by atoms with Gasteiger partial charge in [0, 0.05) is 18.4 Å². The van der Waals surface area contributed by atoms with Crippen molar-refractivity contribution in [2.24, 2.45) is 22.7 Å². The SMILES string of the molecule is CC(=O)O[C@H]1[C@H]2C(=C(O)c3c(ccc(N=[N+]=N)c3O)[C@@H]2C)C(=O)[C@]2(O)C(O)=C(C(N)=O)C(=O)[C@H](N(C)C)[C@@H]12. The number of phenolic OH excluding ortho intramolecular Hbond substituents is 1. The van der Waals surface area contributed by atoms with Gasteiger partial charge in [0.1, 0.15) is 28.7 Å². The van der Waals surface area contributed by atoms with E-state index >= 15 is 0 Å². The predicted molar refractivity (Wildman–Crippen MR) is 127 cm³/mol. The topological polar surface area (TPSA) is 238 Å². The van der Waals surface area contributed by atoms with Gasteiger partial charge in [0.05, 0.1) is 17.5 Å². The first-order valence-electron chi connectivity index (χ1n) is 11.5. The van der Waals surface area contributed by atoms with Crippen LogP contribution < -0.4 is 10.6 Å². The number of hydrogen-bond acceptors (Lipinski definition) is 12. The molecule has 0 heterocycles. The minimum absolute atomic E-state index is 0.192. The Hall–Kier alpha value is -4.39. The van der Waals surface area contributed by atoms with Gasteiger partial charge >= 0.3 is 5.97 Å². The zero-order valence-electron chi connectivity index (χ0n) is 20.8. The number of Topliss-reactive ketones (excluding diaryl/α,β-unsaturated/α-hetero) is 2. The van der Waals surface area contributed by atoms with Gasteiger partial charge in [0.2, 0.25) is 10.7 Å². The number of primary amides is 1.